The zero-order valence-corrected chi connectivity index (χ0v) is 22.5. The lowest BCUT2D eigenvalue weighted by Gasteiger charge is -2.45. The number of benzene rings is 1. The first-order chi connectivity index (χ1) is 14.5. The van der Waals surface area contributed by atoms with Crippen LogP contribution in [-0.4, -0.2) is 42.8 Å². The molecule has 1 N–H and O–H groups in total. The van der Waals surface area contributed by atoms with E-state index >= 15 is 0 Å². The number of carboxylic acid groups (broad SMARTS) is 1. The normalized spacial score (nSPS) is 23.5. The Morgan fingerprint density at radius 2 is 1.75 bits per heavy atom. The second-order valence-electron chi connectivity index (χ2n) is 12.0. The van der Waals surface area contributed by atoms with Crippen LogP contribution in [-0.2, 0) is 14.0 Å². The maximum absolute atomic E-state index is 13.3. The quantitative estimate of drug-likeness (QED) is 0.366. The van der Waals surface area contributed by atoms with Gasteiger partial charge in [-0.25, -0.2) is 0 Å². The SMILES string of the molecule is C[C@H](c1ccccc1)N1C(=O)C[C@](CCCO[Si](C)(C)C(C)(C)C)(C(=O)O)C1C(C)(C)C. The van der Waals surface area contributed by atoms with E-state index in [4.69, 9.17) is 4.43 Å². The first-order valence-corrected chi connectivity index (χ1v) is 14.7. The van der Waals surface area contributed by atoms with Gasteiger partial charge in [0, 0.05) is 13.0 Å². The highest BCUT2D eigenvalue weighted by Gasteiger charge is 2.61. The van der Waals surface area contributed by atoms with Gasteiger partial charge >= 0.3 is 5.97 Å². The largest absolute Gasteiger partial charge is 0.481 e. The molecule has 5 nitrogen and oxygen atoms in total. The first-order valence-electron chi connectivity index (χ1n) is 11.8. The molecule has 0 spiro atoms. The van der Waals surface area contributed by atoms with Gasteiger partial charge in [0.25, 0.3) is 0 Å². The minimum Gasteiger partial charge on any atom is -0.481 e. The lowest BCUT2D eigenvalue weighted by Crippen LogP contribution is -2.53. The van der Waals surface area contributed by atoms with Gasteiger partial charge in [-0.1, -0.05) is 71.9 Å². The van der Waals surface area contributed by atoms with Crippen molar-refractivity contribution in [2.45, 2.75) is 97.9 Å². The molecule has 2 rings (SSSR count). The number of hydrogen-bond donors (Lipinski definition) is 1. The number of nitrogens with zero attached hydrogens (tertiary/aromatic N) is 1. The van der Waals surface area contributed by atoms with Crippen LogP contribution >= 0.6 is 0 Å². The van der Waals surface area contributed by atoms with E-state index in [0.29, 0.717) is 19.4 Å². The molecule has 1 unspecified atom stereocenters. The van der Waals surface area contributed by atoms with Gasteiger partial charge in [0.1, 0.15) is 0 Å². The van der Waals surface area contributed by atoms with E-state index in [1.807, 2.05) is 62.9 Å². The maximum Gasteiger partial charge on any atom is 0.312 e. The number of likely N-dealkylation sites (tertiary alicyclic amines) is 1. The summed E-state index contributed by atoms with van der Waals surface area (Å²) in [5, 5.41) is 10.6. The van der Waals surface area contributed by atoms with Crippen molar-refractivity contribution in [3.05, 3.63) is 35.9 Å². The van der Waals surface area contributed by atoms with Crippen LogP contribution in [0.1, 0.15) is 79.3 Å². The fraction of sp³-hybridized carbons (Fsp3) is 0.692. The van der Waals surface area contributed by atoms with Gasteiger partial charge < -0.3 is 14.4 Å². The van der Waals surface area contributed by atoms with Crippen molar-refractivity contribution < 1.29 is 19.1 Å². The first kappa shape index (κ1) is 26.6. The van der Waals surface area contributed by atoms with E-state index in [-0.39, 0.29) is 28.8 Å². The average molecular weight is 462 g/mol. The van der Waals surface area contributed by atoms with Crippen molar-refractivity contribution in [2.24, 2.45) is 10.8 Å². The van der Waals surface area contributed by atoms with Gasteiger partial charge in [-0.15, -0.1) is 0 Å². The molecule has 6 heteroatoms. The van der Waals surface area contributed by atoms with Crippen LogP contribution in [0.5, 0.6) is 0 Å². The second kappa shape index (κ2) is 9.30. The lowest BCUT2D eigenvalue weighted by molar-refractivity contribution is -0.154. The standard InChI is InChI=1S/C26H43NO4Si/c1-19(20-14-11-10-12-15-20)27-21(28)18-26(23(29)30,22(27)24(2,3)4)16-13-17-31-32(8,9)25(5,6)7/h10-12,14-15,19,22H,13,16-18H2,1-9H3,(H,29,30)/t19-,22?,26+/m1/s1. The van der Waals surface area contributed by atoms with Gasteiger partial charge in [0.15, 0.2) is 8.32 Å². The molecule has 0 aliphatic carbocycles. The van der Waals surface area contributed by atoms with E-state index in [1.54, 1.807) is 0 Å². The van der Waals surface area contributed by atoms with Gasteiger partial charge in [0.05, 0.1) is 17.5 Å². The molecule has 3 atom stereocenters. The Morgan fingerprint density at radius 1 is 1.19 bits per heavy atom. The van der Waals surface area contributed by atoms with Crippen molar-refractivity contribution in [1.82, 2.24) is 4.90 Å². The molecule has 1 saturated heterocycles. The molecule has 1 heterocycles. The Kier molecular flexibility index (Phi) is 7.72. The monoisotopic (exact) mass is 461 g/mol. The summed E-state index contributed by atoms with van der Waals surface area (Å²) in [6.45, 7) is 19.7. The van der Waals surface area contributed by atoms with Crippen molar-refractivity contribution >= 4 is 20.2 Å². The number of rotatable bonds is 8. The zero-order chi connectivity index (χ0) is 24.5. The summed E-state index contributed by atoms with van der Waals surface area (Å²) in [5.74, 6) is -0.949. The van der Waals surface area contributed by atoms with E-state index in [9.17, 15) is 14.7 Å². The molecular weight excluding hydrogens is 418 g/mol. The van der Waals surface area contributed by atoms with E-state index in [0.717, 1.165) is 5.56 Å². The van der Waals surface area contributed by atoms with Crippen LogP contribution in [0.3, 0.4) is 0 Å². The predicted octanol–water partition coefficient (Wildman–Crippen LogP) is 6.27. The average Bonchev–Trinajstić information content (AvgIpc) is 2.98. The third kappa shape index (κ3) is 5.28. The number of carbonyl (C=O) groups excluding carboxylic acids is 1. The summed E-state index contributed by atoms with van der Waals surface area (Å²) in [5.41, 5.74) is -0.471. The minimum absolute atomic E-state index is 0.0432. The Hall–Kier alpha value is -1.66. The molecule has 1 aliphatic rings. The summed E-state index contributed by atoms with van der Waals surface area (Å²) in [6, 6.07) is 9.30. The van der Waals surface area contributed by atoms with E-state index in [2.05, 4.69) is 33.9 Å². The smallest absolute Gasteiger partial charge is 0.312 e. The Balaban J connectivity index is 2.32. The lowest BCUT2D eigenvalue weighted by atomic mass is 9.66. The highest BCUT2D eigenvalue weighted by molar-refractivity contribution is 6.74. The topological polar surface area (TPSA) is 66.8 Å². The molecule has 180 valence electrons. The molecule has 1 aromatic carbocycles. The van der Waals surface area contributed by atoms with Crippen LogP contribution in [0.25, 0.3) is 0 Å². The summed E-state index contributed by atoms with van der Waals surface area (Å²) in [7, 11) is -1.90. The number of carboxylic acids is 1. The molecule has 1 aromatic rings. The number of hydrogen-bond acceptors (Lipinski definition) is 3. The Labute approximate surface area is 195 Å². The molecular formula is C26H43NO4Si. The highest BCUT2D eigenvalue weighted by atomic mass is 28.4. The van der Waals surface area contributed by atoms with Crippen LogP contribution in [0.15, 0.2) is 30.3 Å². The maximum atomic E-state index is 13.3. The predicted molar refractivity (Wildman–Crippen MR) is 132 cm³/mol. The van der Waals surface area contributed by atoms with E-state index in [1.165, 1.54) is 0 Å². The molecule has 1 fully saturated rings. The van der Waals surface area contributed by atoms with Crippen molar-refractivity contribution in [3.8, 4) is 0 Å². The van der Waals surface area contributed by atoms with Gasteiger partial charge in [-0.05, 0) is 48.9 Å². The highest BCUT2D eigenvalue weighted by Crippen LogP contribution is 2.52. The second-order valence-corrected chi connectivity index (χ2v) is 16.8. The fourth-order valence-corrected chi connectivity index (χ4v) is 5.99. The molecule has 0 bridgehead atoms. The van der Waals surface area contributed by atoms with E-state index < -0.39 is 25.7 Å². The number of amides is 1. The molecule has 0 aromatic heterocycles. The zero-order valence-electron chi connectivity index (χ0n) is 21.5. The van der Waals surface area contributed by atoms with Crippen LogP contribution in [0, 0.1) is 10.8 Å². The molecule has 32 heavy (non-hydrogen) atoms. The Bertz CT molecular complexity index is 809. The van der Waals surface area contributed by atoms with Crippen LogP contribution in [0.2, 0.25) is 18.1 Å². The van der Waals surface area contributed by atoms with Crippen molar-refractivity contribution in [2.75, 3.05) is 6.61 Å². The molecule has 1 aliphatic heterocycles. The third-order valence-electron chi connectivity index (χ3n) is 7.54. The van der Waals surface area contributed by atoms with Crippen molar-refractivity contribution in [3.63, 3.8) is 0 Å². The van der Waals surface area contributed by atoms with Gasteiger partial charge in [-0.3, -0.25) is 9.59 Å². The molecule has 1 amide bonds. The van der Waals surface area contributed by atoms with Crippen LogP contribution in [0.4, 0.5) is 0 Å². The van der Waals surface area contributed by atoms with Gasteiger partial charge in [0.2, 0.25) is 5.91 Å². The summed E-state index contributed by atoms with van der Waals surface area (Å²) >= 11 is 0. The summed E-state index contributed by atoms with van der Waals surface area (Å²) < 4.78 is 6.32. The summed E-state index contributed by atoms with van der Waals surface area (Å²) in [6.07, 6.45) is 1.11. The van der Waals surface area contributed by atoms with Crippen LogP contribution < -0.4 is 0 Å². The fourth-order valence-electron chi connectivity index (χ4n) is 4.90. The Morgan fingerprint density at radius 3 is 2.22 bits per heavy atom. The third-order valence-corrected chi connectivity index (χ3v) is 12.1. The molecule has 0 radical (unpaired) electrons. The summed E-state index contributed by atoms with van der Waals surface area (Å²) in [4.78, 5) is 27.9. The number of aliphatic carboxylic acids is 1. The minimum atomic E-state index is -1.90. The van der Waals surface area contributed by atoms with Crippen molar-refractivity contribution in [1.29, 1.82) is 0 Å². The molecule has 0 saturated carbocycles. The van der Waals surface area contributed by atoms with Gasteiger partial charge in [-0.2, -0.15) is 0 Å². The number of carbonyl (C=O) groups is 2.